The molecule has 0 fully saturated rings. The molecule has 3 heterocycles. The predicted octanol–water partition coefficient (Wildman–Crippen LogP) is 2.97. The molecule has 0 aliphatic heterocycles. The van der Waals surface area contributed by atoms with E-state index < -0.39 is 5.60 Å². The van der Waals surface area contributed by atoms with Gasteiger partial charge in [-0.15, -0.1) is 11.3 Å². The first-order valence-electron chi connectivity index (χ1n) is 6.03. The van der Waals surface area contributed by atoms with Crippen molar-refractivity contribution in [2.24, 2.45) is 7.05 Å². The minimum atomic E-state index is -0.992. The molecule has 7 heteroatoms. The van der Waals surface area contributed by atoms with Crippen LogP contribution in [0.1, 0.15) is 19.5 Å². The highest BCUT2D eigenvalue weighted by molar-refractivity contribution is 7.21. The van der Waals surface area contributed by atoms with Crippen LogP contribution < -0.4 is 0 Å². The van der Waals surface area contributed by atoms with E-state index in [1.54, 1.807) is 37.0 Å². The highest BCUT2D eigenvalue weighted by Gasteiger charge is 2.26. The summed E-state index contributed by atoms with van der Waals surface area (Å²) < 4.78 is 2.63. The number of thiazole rings is 1. The second-order valence-corrected chi connectivity index (χ2v) is 6.50. The van der Waals surface area contributed by atoms with Crippen LogP contribution >= 0.6 is 22.9 Å². The molecule has 3 rings (SSSR count). The van der Waals surface area contributed by atoms with Crippen LogP contribution in [0, 0.1) is 0 Å². The van der Waals surface area contributed by atoms with Gasteiger partial charge >= 0.3 is 0 Å². The smallest absolute Gasteiger partial charge is 0.131 e. The van der Waals surface area contributed by atoms with E-state index in [2.05, 4.69) is 15.1 Å². The zero-order valence-electron chi connectivity index (χ0n) is 11.3. The first-order chi connectivity index (χ1) is 9.36. The Morgan fingerprint density at radius 3 is 2.80 bits per heavy atom. The molecule has 0 saturated carbocycles. The number of halogens is 1. The third kappa shape index (κ3) is 2.19. The molecule has 0 unspecified atom stereocenters. The number of hydrogen-bond acceptors (Lipinski definition) is 5. The van der Waals surface area contributed by atoms with Gasteiger partial charge in [0.1, 0.15) is 15.8 Å². The maximum Gasteiger partial charge on any atom is 0.131 e. The van der Waals surface area contributed by atoms with Crippen molar-refractivity contribution in [3.63, 3.8) is 0 Å². The van der Waals surface area contributed by atoms with Crippen LogP contribution in [-0.4, -0.2) is 24.9 Å². The molecule has 0 atom stereocenters. The number of aromatic nitrogens is 4. The summed E-state index contributed by atoms with van der Waals surface area (Å²) in [6.45, 7) is 3.47. The zero-order chi connectivity index (χ0) is 14.5. The Balaban J connectivity index is 2.21. The third-order valence-electron chi connectivity index (χ3n) is 2.99. The average Bonchev–Trinajstić information content (AvgIpc) is 2.90. The van der Waals surface area contributed by atoms with Gasteiger partial charge in [-0.2, -0.15) is 5.10 Å². The number of nitrogens with zero attached hydrogens (tertiary/aromatic N) is 4. The molecule has 0 aliphatic rings. The monoisotopic (exact) mass is 308 g/mol. The summed E-state index contributed by atoms with van der Waals surface area (Å²) in [4.78, 5) is 8.62. The van der Waals surface area contributed by atoms with Crippen LogP contribution in [0.25, 0.3) is 20.8 Å². The van der Waals surface area contributed by atoms with E-state index in [9.17, 15) is 5.11 Å². The molecule has 0 amide bonds. The third-order valence-corrected chi connectivity index (χ3v) is 4.24. The Morgan fingerprint density at radius 2 is 2.10 bits per heavy atom. The molecule has 1 N–H and O–H groups in total. The maximum atomic E-state index is 10.3. The zero-order valence-corrected chi connectivity index (χ0v) is 12.8. The largest absolute Gasteiger partial charge is 0.384 e. The number of fused-ring (bicyclic) bond motifs is 1. The van der Waals surface area contributed by atoms with Crippen LogP contribution in [0.5, 0.6) is 0 Å². The molecule has 0 radical (unpaired) electrons. The van der Waals surface area contributed by atoms with Gasteiger partial charge in [-0.3, -0.25) is 4.68 Å². The fraction of sp³-hybridized carbons (Fsp3) is 0.308. The normalized spacial score (nSPS) is 12.2. The maximum absolute atomic E-state index is 10.3. The topological polar surface area (TPSA) is 63.8 Å². The van der Waals surface area contributed by atoms with Gasteiger partial charge < -0.3 is 5.11 Å². The Kier molecular flexibility index (Phi) is 3.04. The van der Waals surface area contributed by atoms with Crippen molar-refractivity contribution >= 4 is 33.2 Å². The van der Waals surface area contributed by atoms with Gasteiger partial charge in [0, 0.05) is 19.3 Å². The Hall–Kier alpha value is -1.50. The van der Waals surface area contributed by atoms with E-state index in [4.69, 9.17) is 11.6 Å². The first kappa shape index (κ1) is 13.5. The summed E-state index contributed by atoms with van der Waals surface area (Å²) in [5, 5.41) is 15.8. The van der Waals surface area contributed by atoms with E-state index in [0.717, 1.165) is 26.5 Å². The minimum absolute atomic E-state index is 0.420. The van der Waals surface area contributed by atoms with E-state index in [1.807, 2.05) is 7.05 Å². The van der Waals surface area contributed by atoms with Crippen molar-refractivity contribution in [3.8, 4) is 10.6 Å². The highest BCUT2D eigenvalue weighted by Crippen LogP contribution is 2.36. The molecule has 0 spiro atoms. The second-order valence-electron chi connectivity index (χ2n) is 5.08. The molecule has 3 aromatic heterocycles. The Bertz CT molecular complexity index is 787. The van der Waals surface area contributed by atoms with Crippen LogP contribution in [0.3, 0.4) is 0 Å². The van der Waals surface area contributed by atoms with Crippen molar-refractivity contribution < 1.29 is 5.11 Å². The lowest BCUT2D eigenvalue weighted by Crippen LogP contribution is -2.21. The fourth-order valence-corrected chi connectivity index (χ4v) is 3.32. The second kappa shape index (κ2) is 4.51. The van der Waals surface area contributed by atoms with Crippen LogP contribution in [-0.2, 0) is 12.6 Å². The van der Waals surface area contributed by atoms with Crippen molar-refractivity contribution in [1.29, 1.82) is 0 Å². The molecule has 20 heavy (non-hydrogen) atoms. The predicted molar refractivity (Wildman–Crippen MR) is 79.9 cm³/mol. The molecule has 3 aromatic rings. The van der Waals surface area contributed by atoms with Gasteiger partial charge in [-0.25, -0.2) is 9.97 Å². The quantitative estimate of drug-likeness (QED) is 0.739. The van der Waals surface area contributed by atoms with E-state index in [1.165, 1.54) is 11.3 Å². The van der Waals surface area contributed by atoms with Gasteiger partial charge in [-0.05, 0) is 13.8 Å². The molecular formula is C13H13ClN4OS. The van der Waals surface area contributed by atoms with Gasteiger partial charge in [0.15, 0.2) is 0 Å². The van der Waals surface area contributed by atoms with Crippen molar-refractivity contribution in [1.82, 2.24) is 19.7 Å². The summed E-state index contributed by atoms with van der Waals surface area (Å²) >= 11 is 7.38. The molecule has 5 nitrogen and oxygen atoms in total. The minimum Gasteiger partial charge on any atom is -0.384 e. The van der Waals surface area contributed by atoms with Crippen LogP contribution in [0.4, 0.5) is 0 Å². The summed E-state index contributed by atoms with van der Waals surface area (Å²) in [7, 11) is 1.81. The number of aryl methyl sites for hydroxylation is 1. The molecule has 0 saturated heterocycles. The van der Waals surface area contributed by atoms with Gasteiger partial charge in [0.05, 0.1) is 27.7 Å². The number of hydrogen-bond donors (Lipinski definition) is 1. The lowest BCUT2D eigenvalue weighted by Gasteiger charge is -2.19. The Labute approximate surface area is 124 Å². The summed E-state index contributed by atoms with van der Waals surface area (Å²) in [6, 6.07) is 1.73. The lowest BCUT2D eigenvalue weighted by atomic mass is 10.0. The number of rotatable bonds is 2. The van der Waals surface area contributed by atoms with Crippen LogP contribution in [0.2, 0.25) is 5.15 Å². The van der Waals surface area contributed by atoms with Gasteiger partial charge in [0.25, 0.3) is 0 Å². The van der Waals surface area contributed by atoms with Gasteiger partial charge in [-0.1, -0.05) is 11.6 Å². The van der Waals surface area contributed by atoms with E-state index >= 15 is 0 Å². The Morgan fingerprint density at radius 1 is 1.35 bits per heavy atom. The van der Waals surface area contributed by atoms with E-state index in [-0.39, 0.29) is 0 Å². The number of aliphatic hydroxyl groups is 1. The molecular weight excluding hydrogens is 296 g/mol. The standard InChI is InChI=1S/C13H13ClN4OS/c1-13(2,19)11-7(5-16-18(11)3)12-17-8-4-10(14)15-6-9(8)20-12/h4-6,19H,1-3H3. The molecule has 104 valence electrons. The summed E-state index contributed by atoms with van der Waals surface area (Å²) in [6.07, 6.45) is 3.43. The number of pyridine rings is 1. The van der Waals surface area contributed by atoms with E-state index in [0.29, 0.717) is 5.15 Å². The van der Waals surface area contributed by atoms with Crippen LogP contribution in [0.15, 0.2) is 18.5 Å². The first-order valence-corrected chi connectivity index (χ1v) is 7.23. The molecule has 0 aliphatic carbocycles. The van der Waals surface area contributed by atoms with Crippen molar-refractivity contribution in [2.45, 2.75) is 19.4 Å². The molecule has 0 bridgehead atoms. The fourth-order valence-electron chi connectivity index (χ4n) is 2.24. The molecule has 0 aromatic carbocycles. The SMILES string of the molecule is Cn1ncc(-c2nc3cc(Cl)ncc3s2)c1C(C)(C)O. The van der Waals surface area contributed by atoms with Gasteiger partial charge in [0.2, 0.25) is 0 Å². The lowest BCUT2D eigenvalue weighted by molar-refractivity contribution is 0.0702. The van der Waals surface area contributed by atoms with Crippen molar-refractivity contribution in [3.05, 3.63) is 29.3 Å². The van der Waals surface area contributed by atoms with Crippen molar-refractivity contribution in [2.75, 3.05) is 0 Å². The summed E-state index contributed by atoms with van der Waals surface area (Å²) in [5.74, 6) is 0. The summed E-state index contributed by atoms with van der Waals surface area (Å²) in [5.41, 5.74) is 1.37. The highest BCUT2D eigenvalue weighted by atomic mass is 35.5. The average molecular weight is 309 g/mol.